The Morgan fingerprint density at radius 2 is 0.710 bits per heavy atom. The Labute approximate surface area is 831 Å². The standard InChI is InChI=1S/C23H18FNOS.C21H21FOS.C19H16FNOS.C19H19FO2S.C18H19NO2S.C16H17NOS/c1-15(26)23(11-4-12-23)27-22-10-8-17(24)13-21(22)20-9-7-16(14-25)18-5-2-3-6-19(18)20;1-14(23)21(11-2-12-21)24-20-10-9-18(22)13-19(20)17-7-5-16(6-8-17)15-3-4-15;2*1-13(22)19(9-2-10-19)23-18-8-7-16(20)11-17(18)15-5-3-14(12-21)4-6-15;1-12(20)18(2,3)22-16-7-5-4-6-15(16)13-8-10-14(11-9-13)17(19)21;1-12(18)16(2,3)19-15-7-5-4-6-14(15)13-8-10-17-11-9-13/h2-3,5-10,13H,4,11-12H2,1H3;5-10,13,15H,2-4,11-12H2,1H3;3-8,11H,2,9-10H2,1H3;3-8,11,21H,2,9-10,12H2,1H3;4-11H,1-3H3,(H2,19,21);4-11H,1-3H3. The van der Waals surface area contributed by atoms with Crippen molar-refractivity contribution in [3.05, 3.63) is 330 Å². The van der Waals surface area contributed by atoms with E-state index in [2.05, 4.69) is 53.5 Å². The van der Waals surface area contributed by atoms with Gasteiger partial charge in [0.25, 0.3) is 0 Å². The number of carbonyl (C=O) groups excluding carboxylic acids is 7. The number of amides is 1. The molecule has 138 heavy (non-hydrogen) atoms. The number of pyridine rings is 1. The minimum Gasteiger partial charge on any atom is -0.392 e. The number of nitrogens with two attached hydrogens (primary N) is 1. The van der Waals surface area contributed by atoms with E-state index in [4.69, 9.17) is 16.1 Å². The number of hydrogen-bond donors (Lipinski definition) is 2. The number of aliphatic hydroxyl groups is 1. The molecule has 1 heterocycles. The number of aromatic nitrogens is 1. The summed E-state index contributed by atoms with van der Waals surface area (Å²) in [5, 5.41) is 29.2. The summed E-state index contributed by atoms with van der Waals surface area (Å²) in [5.74, 6) is 0.252. The Bertz CT molecular complexity index is 6740. The zero-order valence-corrected chi connectivity index (χ0v) is 83.8. The highest BCUT2D eigenvalue weighted by Crippen LogP contribution is 2.56. The van der Waals surface area contributed by atoms with E-state index < -0.39 is 20.1 Å². The van der Waals surface area contributed by atoms with Crippen LogP contribution in [0.3, 0.4) is 0 Å². The molecule has 0 aliphatic heterocycles. The van der Waals surface area contributed by atoms with E-state index in [0.717, 1.165) is 195 Å². The summed E-state index contributed by atoms with van der Waals surface area (Å²) in [7, 11) is 0. The fourth-order valence-electron chi connectivity index (χ4n) is 16.3. The minimum atomic E-state index is -0.483. The zero-order chi connectivity index (χ0) is 98.9. The molecule has 1 amide bonds. The lowest BCUT2D eigenvalue weighted by Crippen LogP contribution is -2.40. The van der Waals surface area contributed by atoms with Crippen LogP contribution < -0.4 is 5.73 Å². The molecular weight excluding hydrogens is 1850 g/mol. The lowest BCUT2D eigenvalue weighted by Gasteiger charge is -2.39. The van der Waals surface area contributed by atoms with Crippen LogP contribution in [-0.4, -0.2) is 79.2 Å². The molecule has 0 spiro atoms. The molecule has 13 aromatic rings. The molecule has 12 nitrogen and oxygen atoms in total. The van der Waals surface area contributed by atoms with Crippen LogP contribution in [0.25, 0.3) is 77.5 Å². The summed E-state index contributed by atoms with van der Waals surface area (Å²) in [5.41, 5.74) is 20.3. The number of primary amides is 1. The van der Waals surface area contributed by atoms with Crippen LogP contribution in [-0.2, 0) is 35.4 Å². The van der Waals surface area contributed by atoms with E-state index in [1.807, 2.05) is 161 Å². The van der Waals surface area contributed by atoms with Crippen molar-refractivity contribution in [1.82, 2.24) is 4.98 Å². The number of rotatable bonds is 27. The number of nitriles is 2. The summed E-state index contributed by atoms with van der Waals surface area (Å²) in [6.45, 7) is 17.6. The zero-order valence-electron chi connectivity index (χ0n) is 78.9. The van der Waals surface area contributed by atoms with Crippen molar-refractivity contribution < 1.29 is 56.2 Å². The van der Waals surface area contributed by atoms with Crippen LogP contribution in [0.4, 0.5) is 17.6 Å². The van der Waals surface area contributed by atoms with Crippen LogP contribution in [0.2, 0.25) is 0 Å². The molecular formula is C116H110F4N4O8S6. The Morgan fingerprint density at radius 3 is 1.05 bits per heavy atom. The molecule has 0 saturated heterocycles. The Hall–Kier alpha value is -11.7. The molecule has 5 aliphatic rings. The van der Waals surface area contributed by atoms with Gasteiger partial charge in [-0.3, -0.25) is 38.5 Å². The van der Waals surface area contributed by atoms with Crippen LogP contribution in [0, 0.1) is 45.9 Å². The van der Waals surface area contributed by atoms with Crippen LogP contribution in [0.5, 0.6) is 0 Å². The second-order valence-electron chi connectivity index (χ2n) is 36.4. The first-order chi connectivity index (χ1) is 66.0. The first kappa shape index (κ1) is 104. The third-order valence-electron chi connectivity index (χ3n) is 26.2. The Morgan fingerprint density at radius 1 is 0.377 bits per heavy atom. The van der Waals surface area contributed by atoms with Gasteiger partial charge in [-0.15, -0.1) is 70.6 Å². The second kappa shape index (κ2) is 45.9. The van der Waals surface area contributed by atoms with Crippen molar-refractivity contribution in [3.8, 4) is 78.9 Å². The molecule has 0 unspecified atom stereocenters. The molecule has 1 aromatic heterocycles. The second-order valence-corrected chi connectivity index (χ2v) is 45.4. The van der Waals surface area contributed by atoms with Gasteiger partial charge in [0.2, 0.25) is 5.91 Å². The van der Waals surface area contributed by atoms with E-state index in [0.29, 0.717) is 16.7 Å². The maximum atomic E-state index is 14.1. The number of ketones is 6. The third kappa shape index (κ3) is 25.3. The van der Waals surface area contributed by atoms with E-state index in [1.165, 1.54) is 60.9 Å². The average molecular weight is 1960 g/mol. The molecule has 22 heteroatoms. The number of thioether (sulfide) groups is 6. The summed E-state index contributed by atoms with van der Waals surface area (Å²) in [6.07, 6.45) is 17.5. The number of aliphatic hydroxyl groups excluding tert-OH is 1. The maximum absolute atomic E-state index is 14.1. The van der Waals surface area contributed by atoms with Crippen molar-refractivity contribution in [2.45, 2.75) is 230 Å². The fraction of sp³-hybridized carbons (Fsp3) is 0.276. The van der Waals surface area contributed by atoms with Gasteiger partial charge in [0.1, 0.15) is 58.0 Å². The largest absolute Gasteiger partial charge is 0.392 e. The third-order valence-corrected chi connectivity index (χ3v) is 35.6. The first-order valence-electron chi connectivity index (χ1n) is 46.1. The maximum Gasteiger partial charge on any atom is 0.248 e. The molecule has 0 atom stereocenters. The smallest absolute Gasteiger partial charge is 0.248 e. The molecule has 12 aromatic carbocycles. The highest BCUT2D eigenvalue weighted by atomic mass is 32.2. The quantitative estimate of drug-likeness (QED) is 0.0360. The number of Topliss-reactive ketones (excluding diaryl/α,β-unsaturated/α-hetero) is 6. The number of fused-ring (bicyclic) bond motifs is 1. The van der Waals surface area contributed by atoms with Gasteiger partial charge in [0.15, 0.2) is 0 Å². The normalized spacial score (nSPS) is 14.8. The van der Waals surface area contributed by atoms with Gasteiger partial charge in [-0.2, -0.15) is 10.5 Å². The van der Waals surface area contributed by atoms with Crippen molar-refractivity contribution >= 4 is 122 Å². The highest BCUT2D eigenvalue weighted by Gasteiger charge is 2.47. The first-order valence-corrected chi connectivity index (χ1v) is 51.0. The average Bonchev–Trinajstić information content (AvgIpc) is 0.969. The molecule has 18 rings (SSSR count). The van der Waals surface area contributed by atoms with Gasteiger partial charge in [-0.05, 0) is 376 Å². The van der Waals surface area contributed by atoms with Crippen LogP contribution in [0.1, 0.15) is 198 Å². The highest BCUT2D eigenvalue weighted by molar-refractivity contribution is 8.03. The van der Waals surface area contributed by atoms with Crippen LogP contribution in [0.15, 0.2) is 309 Å². The Kier molecular flexibility index (Phi) is 34.5. The van der Waals surface area contributed by atoms with Gasteiger partial charge >= 0.3 is 0 Å². The summed E-state index contributed by atoms with van der Waals surface area (Å²) < 4.78 is 53.2. The number of benzene rings is 12. The predicted molar refractivity (Wildman–Crippen MR) is 556 cm³/mol. The van der Waals surface area contributed by atoms with Crippen LogP contribution >= 0.6 is 70.6 Å². The number of halogens is 4. The topological polar surface area (TPSA) is 226 Å². The molecule has 0 bridgehead atoms. The fourth-order valence-corrected chi connectivity index (χ4v) is 24.5. The minimum absolute atomic E-state index is 0.0154. The van der Waals surface area contributed by atoms with Crippen molar-refractivity contribution in [1.29, 1.82) is 10.5 Å². The van der Waals surface area contributed by atoms with Gasteiger partial charge in [-0.25, -0.2) is 17.6 Å². The van der Waals surface area contributed by atoms with Gasteiger partial charge in [-0.1, -0.05) is 140 Å². The molecule has 3 N–H and O–H groups in total. The van der Waals surface area contributed by atoms with E-state index in [1.54, 1.807) is 179 Å². The van der Waals surface area contributed by atoms with Gasteiger partial charge < -0.3 is 10.8 Å². The van der Waals surface area contributed by atoms with E-state index in [9.17, 15) is 56.4 Å². The molecule has 5 saturated carbocycles. The monoisotopic (exact) mass is 1950 g/mol. The lowest BCUT2D eigenvalue weighted by molar-refractivity contribution is -0.121. The van der Waals surface area contributed by atoms with Gasteiger partial charge in [0.05, 0.1) is 58.4 Å². The summed E-state index contributed by atoms with van der Waals surface area (Å²) in [4.78, 5) is 92.9. The molecule has 5 aliphatic carbocycles. The van der Waals surface area contributed by atoms with Crippen molar-refractivity contribution in [3.63, 3.8) is 0 Å². The van der Waals surface area contributed by atoms with Crippen molar-refractivity contribution in [2.75, 3.05) is 0 Å². The summed E-state index contributed by atoms with van der Waals surface area (Å²) in [6, 6.07) is 85.0. The molecule has 0 radical (unpaired) electrons. The number of hydrogen-bond acceptors (Lipinski definition) is 17. The van der Waals surface area contributed by atoms with Crippen molar-refractivity contribution in [2.24, 2.45) is 5.73 Å². The number of nitrogens with zero attached hydrogens (tertiary/aromatic N) is 3. The lowest BCUT2D eigenvalue weighted by atomic mass is 9.81. The Balaban J connectivity index is 0.000000140. The molecule has 5 fully saturated rings. The number of carbonyl (C=O) groups is 7. The predicted octanol–water partition coefficient (Wildman–Crippen LogP) is 29.8. The summed E-state index contributed by atoms with van der Waals surface area (Å²) >= 11 is 9.43. The van der Waals surface area contributed by atoms with E-state index >= 15 is 0 Å². The van der Waals surface area contributed by atoms with E-state index in [-0.39, 0.29) is 78.8 Å². The SMILES string of the molecule is CC(=O)C(C)(C)Sc1ccccc1-c1ccc(C(N)=O)cc1.CC(=O)C(C)(C)Sc1ccccc1-c1ccncc1.CC(=O)C1(Sc2ccc(F)cc2-c2ccc(C#N)c3ccccc23)CCC1.CC(=O)C1(Sc2ccc(F)cc2-c2ccc(C#N)cc2)CCC1.CC(=O)C1(Sc2ccc(F)cc2-c2ccc(C3CC3)cc2)CCC1.CC(=O)C1(Sc2ccc(F)cc2-c2ccc(CO)cc2)CCC1. The molecule has 706 valence electrons. The van der Waals surface area contributed by atoms with Gasteiger partial charge in [0, 0.05) is 52.7 Å².